The number of rotatable bonds is 3. The molecule has 0 radical (unpaired) electrons. The molecule has 2 N–H and O–H groups in total. The molecule has 0 aliphatic carbocycles. The second kappa shape index (κ2) is 5.94. The van der Waals surface area contributed by atoms with Crippen LogP contribution in [0.25, 0.3) is 0 Å². The van der Waals surface area contributed by atoms with Crippen molar-refractivity contribution in [3.05, 3.63) is 29.8 Å². The van der Waals surface area contributed by atoms with Gasteiger partial charge in [-0.3, -0.25) is 9.69 Å². The van der Waals surface area contributed by atoms with Crippen molar-refractivity contribution in [2.24, 2.45) is 5.92 Å². The fourth-order valence-electron chi connectivity index (χ4n) is 3.42. The van der Waals surface area contributed by atoms with Crippen molar-refractivity contribution in [1.82, 2.24) is 10.2 Å². The highest BCUT2D eigenvalue weighted by Gasteiger charge is 2.32. The lowest BCUT2D eigenvalue weighted by atomic mass is 9.93. The van der Waals surface area contributed by atoms with E-state index < -0.39 is 0 Å². The molecule has 2 saturated heterocycles. The van der Waals surface area contributed by atoms with E-state index in [1.165, 1.54) is 45.0 Å². The molecule has 2 fully saturated rings. The number of hydrogen-bond donors (Lipinski definition) is 2. The first-order chi connectivity index (χ1) is 9.70. The molecule has 1 amide bonds. The topological polar surface area (TPSA) is 44.4 Å². The van der Waals surface area contributed by atoms with Gasteiger partial charge in [-0.25, -0.2) is 0 Å². The van der Waals surface area contributed by atoms with Gasteiger partial charge < -0.3 is 10.6 Å². The van der Waals surface area contributed by atoms with Crippen molar-refractivity contribution in [2.75, 3.05) is 25.0 Å². The molecule has 2 atom stereocenters. The Morgan fingerprint density at radius 3 is 2.90 bits per heavy atom. The van der Waals surface area contributed by atoms with Crippen molar-refractivity contribution < 1.29 is 4.79 Å². The van der Waals surface area contributed by atoms with Gasteiger partial charge in [-0.05, 0) is 49.5 Å². The Labute approximate surface area is 120 Å². The molecule has 2 aliphatic heterocycles. The lowest BCUT2D eigenvalue weighted by Gasteiger charge is -2.34. The van der Waals surface area contributed by atoms with E-state index >= 15 is 0 Å². The van der Waals surface area contributed by atoms with Gasteiger partial charge in [0.2, 0.25) is 5.91 Å². The Hall–Kier alpha value is -1.39. The summed E-state index contributed by atoms with van der Waals surface area (Å²) in [4.78, 5) is 13.6. The molecule has 0 aromatic heterocycles. The Bertz CT molecular complexity index is 471. The number of benzene rings is 1. The van der Waals surface area contributed by atoms with E-state index in [1.807, 2.05) is 12.1 Å². The monoisotopic (exact) mass is 273 g/mol. The molecule has 4 heteroatoms. The van der Waals surface area contributed by atoms with Crippen LogP contribution < -0.4 is 10.6 Å². The fraction of sp³-hybridized carbons (Fsp3) is 0.562. The lowest BCUT2D eigenvalue weighted by Crippen LogP contribution is -2.43. The van der Waals surface area contributed by atoms with Gasteiger partial charge in [-0.15, -0.1) is 0 Å². The van der Waals surface area contributed by atoms with E-state index in [4.69, 9.17) is 0 Å². The van der Waals surface area contributed by atoms with Gasteiger partial charge in [0.05, 0.1) is 0 Å². The maximum atomic E-state index is 11.0. The fourth-order valence-corrected chi connectivity index (χ4v) is 3.42. The number of nitrogens with zero attached hydrogens (tertiary/aromatic N) is 1. The Kier molecular flexibility index (Phi) is 4.03. The maximum absolute atomic E-state index is 11.0. The highest BCUT2D eigenvalue weighted by molar-refractivity contribution is 5.88. The van der Waals surface area contributed by atoms with E-state index in [9.17, 15) is 4.79 Å². The lowest BCUT2D eigenvalue weighted by molar-refractivity contribution is -0.114. The second-order valence-electron chi connectivity index (χ2n) is 6.01. The Balaban J connectivity index is 1.56. The van der Waals surface area contributed by atoms with Crippen molar-refractivity contribution in [3.8, 4) is 0 Å². The Morgan fingerprint density at radius 1 is 1.35 bits per heavy atom. The third kappa shape index (κ3) is 3.19. The highest BCUT2D eigenvalue weighted by Crippen LogP contribution is 2.25. The summed E-state index contributed by atoms with van der Waals surface area (Å²) in [7, 11) is 0. The molecule has 0 saturated carbocycles. The molecule has 108 valence electrons. The number of fused-ring (bicyclic) bond motifs is 1. The number of likely N-dealkylation sites (tertiary alicyclic amines) is 1. The van der Waals surface area contributed by atoms with Crippen LogP contribution in [0.4, 0.5) is 5.69 Å². The normalized spacial score (nSPS) is 26.2. The summed E-state index contributed by atoms with van der Waals surface area (Å²) < 4.78 is 0. The van der Waals surface area contributed by atoms with Crippen LogP contribution in [0.3, 0.4) is 0 Å². The molecule has 3 rings (SSSR count). The van der Waals surface area contributed by atoms with E-state index in [0.29, 0.717) is 0 Å². The number of piperidine rings is 1. The zero-order chi connectivity index (χ0) is 13.9. The first-order valence-corrected chi connectivity index (χ1v) is 7.53. The number of nitrogens with one attached hydrogen (secondary N) is 2. The molecule has 0 bridgehead atoms. The third-order valence-electron chi connectivity index (χ3n) is 4.42. The summed E-state index contributed by atoms with van der Waals surface area (Å²) in [6.07, 6.45) is 2.59. The van der Waals surface area contributed by atoms with Gasteiger partial charge in [0, 0.05) is 31.7 Å². The quantitative estimate of drug-likeness (QED) is 0.883. The number of hydrogen-bond acceptors (Lipinski definition) is 3. The number of anilines is 1. The number of carbonyl (C=O) groups is 1. The predicted molar refractivity (Wildman–Crippen MR) is 80.5 cm³/mol. The number of amides is 1. The summed E-state index contributed by atoms with van der Waals surface area (Å²) in [5.74, 6) is 0.816. The van der Waals surface area contributed by atoms with Gasteiger partial charge in [-0.2, -0.15) is 0 Å². The minimum atomic E-state index is -0.0199. The van der Waals surface area contributed by atoms with Crippen molar-refractivity contribution >= 4 is 11.6 Å². The summed E-state index contributed by atoms with van der Waals surface area (Å²) in [5.41, 5.74) is 2.20. The zero-order valence-corrected chi connectivity index (χ0v) is 12.1. The molecule has 4 nitrogen and oxygen atoms in total. The van der Waals surface area contributed by atoms with E-state index in [1.54, 1.807) is 0 Å². The molecule has 1 aromatic rings. The van der Waals surface area contributed by atoms with Crippen molar-refractivity contribution in [1.29, 1.82) is 0 Å². The summed E-state index contributed by atoms with van der Waals surface area (Å²) in [6.45, 7) is 6.14. The summed E-state index contributed by atoms with van der Waals surface area (Å²) >= 11 is 0. The largest absolute Gasteiger partial charge is 0.326 e. The van der Waals surface area contributed by atoms with Crippen LogP contribution in [-0.2, 0) is 11.3 Å². The van der Waals surface area contributed by atoms with E-state index in [2.05, 4.69) is 27.7 Å². The third-order valence-corrected chi connectivity index (χ3v) is 4.42. The van der Waals surface area contributed by atoms with Crippen LogP contribution in [0.5, 0.6) is 0 Å². The molecular formula is C16H23N3O. The van der Waals surface area contributed by atoms with Gasteiger partial charge in [0.15, 0.2) is 0 Å². The first kappa shape index (κ1) is 13.6. The van der Waals surface area contributed by atoms with Crippen LogP contribution >= 0.6 is 0 Å². The zero-order valence-electron chi connectivity index (χ0n) is 12.1. The van der Waals surface area contributed by atoms with Crippen LogP contribution in [-0.4, -0.2) is 36.5 Å². The van der Waals surface area contributed by atoms with Gasteiger partial charge >= 0.3 is 0 Å². The average molecular weight is 273 g/mol. The van der Waals surface area contributed by atoms with Crippen molar-refractivity contribution in [2.45, 2.75) is 32.4 Å². The molecule has 20 heavy (non-hydrogen) atoms. The second-order valence-corrected chi connectivity index (χ2v) is 6.01. The minimum absolute atomic E-state index is 0.0199. The summed E-state index contributed by atoms with van der Waals surface area (Å²) in [5, 5.41) is 6.41. The van der Waals surface area contributed by atoms with Gasteiger partial charge in [-0.1, -0.05) is 12.1 Å². The first-order valence-electron chi connectivity index (χ1n) is 7.53. The Morgan fingerprint density at radius 2 is 2.15 bits per heavy atom. The van der Waals surface area contributed by atoms with E-state index in [-0.39, 0.29) is 5.91 Å². The molecule has 1 aromatic carbocycles. The molecule has 2 heterocycles. The smallest absolute Gasteiger partial charge is 0.221 e. The van der Waals surface area contributed by atoms with E-state index in [0.717, 1.165) is 24.2 Å². The van der Waals surface area contributed by atoms with Crippen LogP contribution in [0.1, 0.15) is 25.3 Å². The average Bonchev–Trinajstić information content (AvgIpc) is 2.88. The maximum Gasteiger partial charge on any atom is 0.221 e. The standard InChI is InChI=1S/C16H23N3O/c1-12(20)18-15-4-2-13(3-5-15)10-19-9-7-16-14(11-19)6-8-17-16/h2-5,14,16-17H,6-11H2,1H3,(H,18,20). The van der Waals surface area contributed by atoms with Crippen LogP contribution in [0.15, 0.2) is 24.3 Å². The van der Waals surface area contributed by atoms with Crippen molar-refractivity contribution in [3.63, 3.8) is 0 Å². The molecule has 0 spiro atoms. The number of carbonyl (C=O) groups excluding carboxylic acids is 1. The highest BCUT2D eigenvalue weighted by atomic mass is 16.1. The van der Waals surface area contributed by atoms with Crippen LogP contribution in [0.2, 0.25) is 0 Å². The van der Waals surface area contributed by atoms with Crippen LogP contribution in [0, 0.1) is 5.92 Å². The predicted octanol–water partition coefficient (Wildman–Crippen LogP) is 1.83. The summed E-state index contributed by atoms with van der Waals surface area (Å²) in [6, 6.07) is 8.96. The SMILES string of the molecule is CC(=O)Nc1ccc(CN2CCC3NCCC3C2)cc1. The van der Waals surface area contributed by atoms with Gasteiger partial charge in [0.25, 0.3) is 0 Å². The molecular weight excluding hydrogens is 250 g/mol. The molecule has 2 unspecified atom stereocenters. The molecule has 2 aliphatic rings. The minimum Gasteiger partial charge on any atom is -0.326 e. The van der Waals surface area contributed by atoms with Gasteiger partial charge in [0.1, 0.15) is 0 Å².